The Morgan fingerprint density at radius 3 is 2.50 bits per heavy atom. The molecule has 0 bridgehead atoms. The van der Waals surface area contributed by atoms with Gasteiger partial charge in [-0.1, -0.05) is 19.8 Å². The predicted octanol–water partition coefficient (Wildman–Crippen LogP) is 1.26. The molecule has 4 nitrogen and oxygen atoms in total. The van der Waals surface area contributed by atoms with Gasteiger partial charge in [0.25, 0.3) is 0 Å². The number of hydrogen-bond donors (Lipinski definition) is 2. The summed E-state index contributed by atoms with van der Waals surface area (Å²) in [6.45, 7) is 1.96. The number of aliphatic hydroxyl groups is 1. The van der Waals surface area contributed by atoms with Crippen molar-refractivity contribution in [3.05, 3.63) is 0 Å². The molecule has 0 aromatic carbocycles. The number of hydrogen-bond acceptors (Lipinski definition) is 3. The van der Waals surface area contributed by atoms with E-state index in [2.05, 4.69) is 4.72 Å². The number of rotatable bonds is 7. The maximum Gasteiger partial charge on any atom is 0.212 e. The van der Waals surface area contributed by atoms with Crippen molar-refractivity contribution in [1.29, 1.82) is 0 Å². The van der Waals surface area contributed by atoms with E-state index in [9.17, 15) is 8.42 Å². The fraction of sp³-hybridized carbons (Fsp3) is 1.00. The van der Waals surface area contributed by atoms with Crippen LogP contribution in [-0.2, 0) is 10.0 Å². The molecule has 0 aromatic rings. The van der Waals surface area contributed by atoms with Crippen LogP contribution in [0.2, 0.25) is 0 Å². The van der Waals surface area contributed by atoms with Gasteiger partial charge >= 0.3 is 0 Å². The van der Waals surface area contributed by atoms with Crippen LogP contribution in [0.4, 0.5) is 0 Å². The number of aliphatic hydroxyl groups excluding tert-OH is 1. The van der Waals surface area contributed by atoms with Crippen LogP contribution in [0.25, 0.3) is 0 Å². The maximum absolute atomic E-state index is 11.8. The summed E-state index contributed by atoms with van der Waals surface area (Å²) in [5.74, 6) is 0.596. The Hall–Kier alpha value is -0.130. The predicted molar refractivity (Wildman–Crippen MR) is 64.7 cm³/mol. The highest BCUT2D eigenvalue weighted by molar-refractivity contribution is 7.89. The minimum atomic E-state index is -3.16. The second-order valence-electron chi connectivity index (χ2n) is 4.67. The first-order valence-electron chi connectivity index (χ1n) is 6.18. The fourth-order valence-electron chi connectivity index (χ4n) is 2.29. The van der Waals surface area contributed by atoms with Gasteiger partial charge in [-0.25, -0.2) is 13.1 Å². The molecule has 16 heavy (non-hydrogen) atoms. The van der Waals surface area contributed by atoms with Crippen molar-refractivity contribution in [2.75, 3.05) is 12.4 Å². The molecule has 1 rings (SSSR count). The van der Waals surface area contributed by atoms with Crippen molar-refractivity contribution in [2.45, 2.75) is 51.5 Å². The van der Waals surface area contributed by atoms with Gasteiger partial charge in [-0.15, -0.1) is 0 Å². The van der Waals surface area contributed by atoms with Gasteiger partial charge in [-0.2, -0.15) is 0 Å². The lowest BCUT2D eigenvalue weighted by Crippen LogP contribution is -2.38. The molecular weight excluding hydrogens is 226 g/mol. The van der Waals surface area contributed by atoms with E-state index in [4.69, 9.17) is 5.11 Å². The third kappa shape index (κ3) is 4.80. The Morgan fingerprint density at radius 1 is 1.38 bits per heavy atom. The van der Waals surface area contributed by atoms with E-state index in [0.29, 0.717) is 12.3 Å². The van der Waals surface area contributed by atoms with E-state index in [1.807, 2.05) is 6.92 Å². The van der Waals surface area contributed by atoms with Crippen molar-refractivity contribution in [2.24, 2.45) is 5.92 Å². The molecule has 0 spiro atoms. The summed E-state index contributed by atoms with van der Waals surface area (Å²) in [7, 11) is -3.16. The molecule has 2 N–H and O–H groups in total. The van der Waals surface area contributed by atoms with Gasteiger partial charge < -0.3 is 5.11 Å². The zero-order chi connectivity index (χ0) is 12.0. The van der Waals surface area contributed by atoms with Crippen molar-refractivity contribution in [3.8, 4) is 0 Å². The summed E-state index contributed by atoms with van der Waals surface area (Å²) < 4.78 is 26.4. The van der Waals surface area contributed by atoms with Gasteiger partial charge in [0.05, 0.1) is 5.75 Å². The van der Waals surface area contributed by atoms with Crippen LogP contribution < -0.4 is 4.72 Å². The molecule has 0 aromatic heterocycles. The summed E-state index contributed by atoms with van der Waals surface area (Å²) in [4.78, 5) is 0. The Kier molecular flexibility index (Phi) is 5.72. The lowest BCUT2D eigenvalue weighted by atomic mass is 10.1. The first kappa shape index (κ1) is 13.9. The Bertz CT molecular complexity index is 284. The summed E-state index contributed by atoms with van der Waals surface area (Å²) in [6.07, 6.45) is 5.63. The smallest absolute Gasteiger partial charge is 0.212 e. The molecule has 1 atom stereocenters. The molecule has 1 aliphatic carbocycles. The van der Waals surface area contributed by atoms with Crippen LogP contribution in [0.15, 0.2) is 0 Å². The average molecular weight is 249 g/mol. The summed E-state index contributed by atoms with van der Waals surface area (Å²) in [5.41, 5.74) is 0. The van der Waals surface area contributed by atoms with Crippen LogP contribution in [0, 0.1) is 5.92 Å². The van der Waals surface area contributed by atoms with Crippen LogP contribution >= 0.6 is 0 Å². The first-order chi connectivity index (χ1) is 7.57. The molecule has 5 heteroatoms. The fourth-order valence-corrected chi connectivity index (χ4v) is 4.13. The molecular formula is C11H23NO3S. The number of sulfonamides is 1. The molecule has 0 heterocycles. The summed E-state index contributed by atoms with van der Waals surface area (Å²) in [6, 6.07) is -0.114. The minimum absolute atomic E-state index is 0.0322. The largest absolute Gasteiger partial charge is 0.396 e. The molecule has 0 amide bonds. The van der Waals surface area contributed by atoms with Gasteiger partial charge in [0, 0.05) is 12.6 Å². The molecule has 1 saturated carbocycles. The summed E-state index contributed by atoms with van der Waals surface area (Å²) in [5, 5.41) is 8.81. The zero-order valence-corrected chi connectivity index (χ0v) is 10.8. The second kappa shape index (κ2) is 6.57. The van der Waals surface area contributed by atoms with Gasteiger partial charge in [-0.05, 0) is 31.6 Å². The SMILES string of the molecule is CCC(CCO)NS(=O)(=O)CC1CCCC1. The average Bonchev–Trinajstić information content (AvgIpc) is 2.68. The molecule has 1 aliphatic rings. The molecule has 1 unspecified atom stereocenters. The van der Waals surface area contributed by atoms with E-state index < -0.39 is 10.0 Å². The molecule has 0 saturated heterocycles. The highest BCUT2D eigenvalue weighted by Crippen LogP contribution is 2.25. The Morgan fingerprint density at radius 2 is 2.00 bits per heavy atom. The maximum atomic E-state index is 11.8. The molecule has 96 valence electrons. The van der Waals surface area contributed by atoms with Crippen molar-refractivity contribution in [1.82, 2.24) is 4.72 Å². The normalized spacial score (nSPS) is 20.1. The van der Waals surface area contributed by atoms with Gasteiger partial charge in [0.2, 0.25) is 10.0 Å². The Labute approximate surface area is 98.5 Å². The topological polar surface area (TPSA) is 66.4 Å². The van der Waals surface area contributed by atoms with Crippen molar-refractivity contribution >= 4 is 10.0 Å². The van der Waals surface area contributed by atoms with Gasteiger partial charge in [-0.3, -0.25) is 0 Å². The van der Waals surface area contributed by atoms with E-state index in [0.717, 1.165) is 32.1 Å². The minimum Gasteiger partial charge on any atom is -0.396 e. The van der Waals surface area contributed by atoms with Crippen LogP contribution in [0.5, 0.6) is 0 Å². The molecule has 0 aliphatic heterocycles. The highest BCUT2D eigenvalue weighted by Gasteiger charge is 2.24. The quantitative estimate of drug-likeness (QED) is 0.714. The van der Waals surface area contributed by atoms with E-state index >= 15 is 0 Å². The number of nitrogens with one attached hydrogen (secondary N) is 1. The highest BCUT2D eigenvalue weighted by atomic mass is 32.2. The van der Waals surface area contributed by atoms with E-state index in [1.54, 1.807) is 0 Å². The van der Waals surface area contributed by atoms with Gasteiger partial charge in [0.15, 0.2) is 0 Å². The van der Waals surface area contributed by atoms with Crippen LogP contribution in [-0.4, -0.2) is 31.9 Å². The molecule has 1 fully saturated rings. The van der Waals surface area contributed by atoms with E-state index in [-0.39, 0.29) is 18.4 Å². The first-order valence-corrected chi connectivity index (χ1v) is 7.83. The van der Waals surface area contributed by atoms with Crippen LogP contribution in [0.1, 0.15) is 45.4 Å². The van der Waals surface area contributed by atoms with Crippen LogP contribution in [0.3, 0.4) is 0 Å². The third-order valence-corrected chi connectivity index (χ3v) is 4.85. The monoisotopic (exact) mass is 249 g/mol. The zero-order valence-electron chi connectivity index (χ0n) is 9.98. The van der Waals surface area contributed by atoms with E-state index in [1.165, 1.54) is 0 Å². The third-order valence-electron chi connectivity index (χ3n) is 3.25. The molecule has 0 radical (unpaired) electrons. The van der Waals surface area contributed by atoms with Gasteiger partial charge in [0.1, 0.15) is 0 Å². The Balaban J connectivity index is 2.42. The lowest BCUT2D eigenvalue weighted by Gasteiger charge is -2.17. The standard InChI is InChI=1S/C11H23NO3S/c1-2-11(7-8-13)12-16(14,15)9-10-5-3-4-6-10/h10-13H,2-9H2,1H3. The van der Waals surface area contributed by atoms with Crippen molar-refractivity contribution < 1.29 is 13.5 Å². The second-order valence-corrected chi connectivity index (χ2v) is 6.47. The lowest BCUT2D eigenvalue weighted by molar-refractivity contribution is 0.270. The van der Waals surface area contributed by atoms with Crippen molar-refractivity contribution in [3.63, 3.8) is 0 Å². The summed E-state index contributed by atoms with van der Waals surface area (Å²) >= 11 is 0.